The van der Waals surface area contributed by atoms with Crippen molar-refractivity contribution in [2.45, 2.75) is 0 Å². The lowest BCUT2D eigenvalue weighted by Gasteiger charge is -2.08. The zero-order valence-corrected chi connectivity index (χ0v) is 14.0. The third kappa shape index (κ3) is 2.57. The molecule has 0 fully saturated rings. The molecule has 0 unspecified atom stereocenters. The topological polar surface area (TPSA) is 71.4 Å². The van der Waals surface area contributed by atoms with Crippen molar-refractivity contribution < 1.29 is 14.4 Å². The molecule has 4 rings (SSSR count). The van der Waals surface area contributed by atoms with Gasteiger partial charge in [-0.25, -0.2) is 0 Å². The second kappa shape index (κ2) is 6.00. The van der Waals surface area contributed by atoms with Crippen molar-refractivity contribution in [1.82, 2.24) is 9.47 Å². The van der Waals surface area contributed by atoms with Crippen LogP contribution in [0.15, 0.2) is 67.0 Å². The van der Waals surface area contributed by atoms with Gasteiger partial charge in [-0.15, -0.1) is 0 Å². The summed E-state index contributed by atoms with van der Waals surface area (Å²) in [6, 6.07) is 15.8. The number of nitrogens with zero attached hydrogens (tertiary/aromatic N) is 2. The molecule has 1 N–H and O–H groups in total. The summed E-state index contributed by atoms with van der Waals surface area (Å²) in [7, 11) is 1.44. The van der Waals surface area contributed by atoms with E-state index < -0.39 is 0 Å². The Balaban J connectivity index is 1.54. The average Bonchev–Trinajstić information content (AvgIpc) is 3.27. The van der Waals surface area contributed by atoms with Crippen molar-refractivity contribution in [3.05, 3.63) is 83.7 Å². The number of anilines is 1. The molecule has 1 aromatic heterocycles. The third-order valence-corrected chi connectivity index (χ3v) is 4.38. The van der Waals surface area contributed by atoms with Crippen LogP contribution >= 0.6 is 0 Å². The van der Waals surface area contributed by atoms with Crippen LogP contribution in [-0.4, -0.2) is 34.2 Å². The molecule has 3 amide bonds. The van der Waals surface area contributed by atoms with Crippen molar-refractivity contribution >= 4 is 23.4 Å². The highest BCUT2D eigenvalue weighted by atomic mass is 16.2. The lowest BCUT2D eigenvalue weighted by molar-refractivity contribution is 0.0692. The maximum Gasteiger partial charge on any atom is 0.261 e. The number of rotatable bonds is 3. The highest BCUT2D eigenvalue weighted by molar-refractivity contribution is 6.21. The fourth-order valence-electron chi connectivity index (χ4n) is 2.93. The highest BCUT2D eigenvalue weighted by Gasteiger charge is 2.32. The number of imide groups is 1. The lowest BCUT2D eigenvalue weighted by atomic mass is 10.1. The normalized spacial score (nSPS) is 13.0. The van der Waals surface area contributed by atoms with Crippen molar-refractivity contribution in [2.75, 3.05) is 12.4 Å². The SMILES string of the molecule is CN1C(=O)c2ccc(NC(=O)c3ccc(-n4cccc4)cc3)cc2C1=O. The summed E-state index contributed by atoms with van der Waals surface area (Å²) in [5.41, 5.74) is 2.58. The molecule has 26 heavy (non-hydrogen) atoms. The Kier molecular flexibility index (Phi) is 3.65. The third-order valence-electron chi connectivity index (χ3n) is 4.38. The molecule has 0 spiro atoms. The van der Waals surface area contributed by atoms with Gasteiger partial charge in [-0.3, -0.25) is 19.3 Å². The van der Waals surface area contributed by atoms with Crippen LogP contribution in [-0.2, 0) is 0 Å². The molecule has 2 aromatic carbocycles. The minimum atomic E-state index is -0.364. The molecule has 6 nitrogen and oxygen atoms in total. The number of nitrogens with one attached hydrogen (secondary N) is 1. The van der Waals surface area contributed by atoms with Crippen LogP contribution in [0.4, 0.5) is 5.69 Å². The number of amides is 3. The first-order chi connectivity index (χ1) is 12.5. The van der Waals surface area contributed by atoms with Gasteiger partial charge in [0.25, 0.3) is 17.7 Å². The molecule has 0 bridgehead atoms. The van der Waals surface area contributed by atoms with Crippen LogP contribution in [0.2, 0.25) is 0 Å². The fourth-order valence-corrected chi connectivity index (χ4v) is 2.93. The molecule has 1 aliphatic heterocycles. The van der Waals surface area contributed by atoms with Crippen LogP contribution in [0.25, 0.3) is 5.69 Å². The predicted octanol–water partition coefficient (Wildman–Crippen LogP) is 2.96. The predicted molar refractivity (Wildman–Crippen MR) is 96.6 cm³/mol. The molecule has 0 aliphatic carbocycles. The van der Waals surface area contributed by atoms with Gasteiger partial charge in [-0.1, -0.05) is 0 Å². The molecular formula is C20H15N3O3. The number of fused-ring (bicyclic) bond motifs is 1. The van der Waals surface area contributed by atoms with E-state index in [4.69, 9.17) is 0 Å². The van der Waals surface area contributed by atoms with Gasteiger partial charge >= 0.3 is 0 Å². The first kappa shape index (κ1) is 15.8. The number of hydrogen-bond donors (Lipinski definition) is 1. The molecule has 1 aliphatic rings. The summed E-state index contributed by atoms with van der Waals surface area (Å²) >= 11 is 0. The van der Waals surface area contributed by atoms with E-state index in [-0.39, 0.29) is 17.7 Å². The first-order valence-corrected chi connectivity index (χ1v) is 8.06. The monoisotopic (exact) mass is 345 g/mol. The van der Waals surface area contributed by atoms with E-state index in [1.807, 2.05) is 41.2 Å². The Morgan fingerprint density at radius 1 is 0.885 bits per heavy atom. The summed E-state index contributed by atoms with van der Waals surface area (Å²) < 4.78 is 1.95. The van der Waals surface area contributed by atoms with E-state index in [0.29, 0.717) is 22.4 Å². The second-order valence-electron chi connectivity index (χ2n) is 6.02. The average molecular weight is 345 g/mol. The number of aromatic nitrogens is 1. The second-order valence-corrected chi connectivity index (χ2v) is 6.02. The number of carbonyl (C=O) groups is 3. The van der Waals surface area contributed by atoms with Crippen molar-refractivity contribution in [3.8, 4) is 5.69 Å². The Labute approximate surface area is 149 Å². The maximum atomic E-state index is 12.4. The number of hydrogen-bond acceptors (Lipinski definition) is 3. The maximum absolute atomic E-state index is 12.4. The summed E-state index contributed by atoms with van der Waals surface area (Å²) in [4.78, 5) is 37.5. The van der Waals surface area contributed by atoms with Crippen molar-refractivity contribution in [3.63, 3.8) is 0 Å². The van der Waals surface area contributed by atoms with Crippen LogP contribution < -0.4 is 5.32 Å². The van der Waals surface area contributed by atoms with Gasteiger partial charge in [-0.05, 0) is 54.6 Å². The summed E-state index contributed by atoms with van der Waals surface area (Å²) in [5, 5.41) is 2.76. The summed E-state index contributed by atoms with van der Waals surface area (Å²) in [6.07, 6.45) is 3.85. The molecule has 2 heterocycles. The summed E-state index contributed by atoms with van der Waals surface area (Å²) in [6.45, 7) is 0. The Hall–Kier alpha value is -3.67. The zero-order valence-electron chi connectivity index (χ0n) is 14.0. The molecule has 0 radical (unpaired) electrons. The van der Waals surface area contributed by atoms with Crippen molar-refractivity contribution in [2.24, 2.45) is 0 Å². The van der Waals surface area contributed by atoms with Gasteiger partial charge in [0.2, 0.25) is 0 Å². The van der Waals surface area contributed by atoms with E-state index in [0.717, 1.165) is 10.6 Å². The molecule has 0 saturated heterocycles. The van der Waals surface area contributed by atoms with E-state index in [9.17, 15) is 14.4 Å². The van der Waals surface area contributed by atoms with Crippen LogP contribution in [0.1, 0.15) is 31.1 Å². The van der Waals surface area contributed by atoms with Gasteiger partial charge in [0.05, 0.1) is 11.1 Å². The van der Waals surface area contributed by atoms with Gasteiger partial charge in [-0.2, -0.15) is 0 Å². The highest BCUT2D eigenvalue weighted by Crippen LogP contribution is 2.25. The van der Waals surface area contributed by atoms with Gasteiger partial charge in [0, 0.05) is 36.4 Å². The molecule has 3 aromatic rings. The van der Waals surface area contributed by atoms with Gasteiger partial charge < -0.3 is 9.88 Å². The summed E-state index contributed by atoms with van der Waals surface area (Å²) in [5.74, 6) is -0.977. The fraction of sp³-hybridized carbons (Fsp3) is 0.0500. The van der Waals surface area contributed by atoms with Crippen LogP contribution in [0, 0.1) is 0 Å². The number of benzene rings is 2. The van der Waals surface area contributed by atoms with Crippen molar-refractivity contribution in [1.29, 1.82) is 0 Å². The first-order valence-electron chi connectivity index (χ1n) is 8.06. The van der Waals surface area contributed by atoms with E-state index in [1.165, 1.54) is 13.1 Å². The number of carbonyl (C=O) groups excluding carboxylic acids is 3. The molecule has 0 saturated carbocycles. The van der Waals surface area contributed by atoms with Crippen LogP contribution in [0.3, 0.4) is 0 Å². The minimum Gasteiger partial charge on any atom is -0.324 e. The standard InChI is InChI=1S/C20H15N3O3/c1-22-19(25)16-9-6-14(12-17(16)20(22)26)21-18(24)13-4-7-15(8-5-13)23-10-2-3-11-23/h2-12H,1H3,(H,21,24). The largest absolute Gasteiger partial charge is 0.324 e. The van der Waals surface area contributed by atoms with E-state index in [2.05, 4.69) is 5.32 Å². The van der Waals surface area contributed by atoms with Gasteiger partial charge in [0.1, 0.15) is 0 Å². The molecule has 0 atom stereocenters. The molecular weight excluding hydrogens is 330 g/mol. The van der Waals surface area contributed by atoms with Crippen LogP contribution in [0.5, 0.6) is 0 Å². The smallest absolute Gasteiger partial charge is 0.261 e. The molecule has 128 valence electrons. The lowest BCUT2D eigenvalue weighted by Crippen LogP contribution is -2.24. The Bertz CT molecular complexity index is 1020. The Morgan fingerprint density at radius 2 is 1.54 bits per heavy atom. The minimum absolute atomic E-state index is 0.283. The van der Waals surface area contributed by atoms with E-state index >= 15 is 0 Å². The van der Waals surface area contributed by atoms with Gasteiger partial charge in [0.15, 0.2) is 0 Å². The zero-order chi connectivity index (χ0) is 18.3. The Morgan fingerprint density at radius 3 is 2.23 bits per heavy atom. The quantitative estimate of drug-likeness (QED) is 0.742. The molecule has 6 heteroatoms. The van der Waals surface area contributed by atoms with E-state index in [1.54, 1.807) is 24.3 Å².